The van der Waals surface area contributed by atoms with Crippen LogP contribution < -0.4 is 5.43 Å². The predicted molar refractivity (Wildman–Crippen MR) is 89.8 cm³/mol. The van der Waals surface area contributed by atoms with Gasteiger partial charge >= 0.3 is 0 Å². The van der Waals surface area contributed by atoms with Crippen LogP contribution in [0.2, 0.25) is 5.02 Å². The van der Waals surface area contributed by atoms with Gasteiger partial charge in [0, 0.05) is 17.0 Å². The summed E-state index contributed by atoms with van der Waals surface area (Å²) in [6.45, 7) is 2.22. The topological polar surface area (TPSA) is 41.5 Å². The molecule has 1 aromatic carbocycles. The summed E-state index contributed by atoms with van der Waals surface area (Å²) in [7, 11) is 0. The molecule has 1 amide bonds. The van der Waals surface area contributed by atoms with Crippen molar-refractivity contribution in [3.8, 4) is 0 Å². The van der Waals surface area contributed by atoms with Crippen LogP contribution in [0, 0.1) is 0 Å². The van der Waals surface area contributed by atoms with E-state index in [4.69, 9.17) is 11.6 Å². The lowest BCUT2D eigenvalue weighted by molar-refractivity contribution is -0.121. The minimum atomic E-state index is -0.0353. The average Bonchev–Trinajstić information content (AvgIpc) is 2.48. The Morgan fingerprint density at radius 2 is 1.81 bits per heavy atom. The molecule has 0 unspecified atom stereocenters. The maximum atomic E-state index is 11.6. The molecular formula is C17H25ClN2O. The molecule has 0 aliphatic carbocycles. The van der Waals surface area contributed by atoms with Crippen LogP contribution >= 0.6 is 11.6 Å². The fourth-order valence-electron chi connectivity index (χ4n) is 2.05. The van der Waals surface area contributed by atoms with E-state index >= 15 is 0 Å². The summed E-state index contributed by atoms with van der Waals surface area (Å²) in [6.07, 6.45) is 10.5. The molecular weight excluding hydrogens is 284 g/mol. The normalized spacial score (nSPS) is 11.0. The number of unbranched alkanes of at least 4 members (excludes halogenated alkanes) is 6. The van der Waals surface area contributed by atoms with Crippen molar-refractivity contribution in [3.63, 3.8) is 0 Å². The Balaban J connectivity index is 2.10. The number of benzene rings is 1. The zero-order valence-electron chi connectivity index (χ0n) is 12.8. The van der Waals surface area contributed by atoms with Crippen LogP contribution in [0.15, 0.2) is 29.4 Å². The van der Waals surface area contributed by atoms with Crippen molar-refractivity contribution < 1.29 is 4.79 Å². The number of hydrazone groups is 1. The molecule has 3 nitrogen and oxygen atoms in total. The van der Waals surface area contributed by atoms with Gasteiger partial charge in [-0.3, -0.25) is 4.79 Å². The van der Waals surface area contributed by atoms with Crippen molar-refractivity contribution in [2.24, 2.45) is 5.10 Å². The molecule has 0 aliphatic heterocycles. The van der Waals surface area contributed by atoms with Gasteiger partial charge in [-0.15, -0.1) is 0 Å². The third kappa shape index (κ3) is 8.51. The number of halogens is 1. The molecule has 0 spiro atoms. The van der Waals surface area contributed by atoms with Crippen LogP contribution in [0.25, 0.3) is 0 Å². The van der Waals surface area contributed by atoms with Crippen molar-refractivity contribution >= 4 is 23.7 Å². The van der Waals surface area contributed by atoms with Gasteiger partial charge in [-0.1, -0.05) is 75.2 Å². The monoisotopic (exact) mass is 308 g/mol. The molecule has 0 fully saturated rings. The molecule has 21 heavy (non-hydrogen) atoms. The minimum Gasteiger partial charge on any atom is -0.273 e. The van der Waals surface area contributed by atoms with Gasteiger partial charge in [0.2, 0.25) is 5.91 Å². The lowest BCUT2D eigenvalue weighted by atomic mass is 10.1. The van der Waals surface area contributed by atoms with Crippen molar-refractivity contribution in [2.75, 3.05) is 0 Å². The maximum Gasteiger partial charge on any atom is 0.240 e. The molecule has 1 aromatic rings. The van der Waals surface area contributed by atoms with Crippen molar-refractivity contribution in [1.29, 1.82) is 0 Å². The third-order valence-corrected chi connectivity index (χ3v) is 3.65. The van der Waals surface area contributed by atoms with Gasteiger partial charge in [-0.2, -0.15) is 5.10 Å². The second kappa shape index (κ2) is 11.3. The van der Waals surface area contributed by atoms with E-state index in [1.165, 1.54) is 32.1 Å². The molecule has 0 heterocycles. The summed E-state index contributed by atoms with van der Waals surface area (Å²) >= 11 is 5.99. The standard InChI is InChI=1S/C17H25ClN2O/c1-2-3-4-5-6-7-8-13-17(21)20-19-14-15-11-9-10-12-16(15)18/h9-12,14H,2-8,13H2,1H3,(H,20,21). The Kier molecular flexibility index (Phi) is 9.55. The highest BCUT2D eigenvalue weighted by atomic mass is 35.5. The molecule has 0 atom stereocenters. The van der Waals surface area contributed by atoms with Gasteiger partial charge in [0.05, 0.1) is 6.21 Å². The second-order valence-electron chi connectivity index (χ2n) is 5.19. The van der Waals surface area contributed by atoms with E-state index in [0.29, 0.717) is 11.4 Å². The Bertz CT molecular complexity index is 446. The van der Waals surface area contributed by atoms with E-state index in [9.17, 15) is 4.79 Å². The first-order valence-corrected chi connectivity index (χ1v) is 8.18. The Hall–Kier alpha value is -1.35. The number of carbonyl (C=O) groups excluding carboxylic acids is 1. The molecule has 1 rings (SSSR count). The van der Waals surface area contributed by atoms with E-state index < -0.39 is 0 Å². The van der Waals surface area contributed by atoms with Crippen LogP contribution in [0.4, 0.5) is 0 Å². The number of amides is 1. The first-order valence-electron chi connectivity index (χ1n) is 7.80. The average molecular weight is 309 g/mol. The Labute approximate surface area is 132 Å². The molecule has 116 valence electrons. The summed E-state index contributed by atoms with van der Waals surface area (Å²) in [4.78, 5) is 11.6. The van der Waals surface area contributed by atoms with Crippen LogP contribution in [-0.2, 0) is 4.79 Å². The maximum absolute atomic E-state index is 11.6. The van der Waals surface area contributed by atoms with Gasteiger partial charge in [-0.25, -0.2) is 5.43 Å². The number of hydrogen-bond donors (Lipinski definition) is 1. The van der Waals surface area contributed by atoms with E-state index in [0.717, 1.165) is 18.4 Å². The highest BCUT2D eigenvalue weighted by Gasteiger charge is 1.99. The number of nitrogens with one attached hydrogen (secondary N) is 1. The number of carbonyl (C=O) groups is 1. The Morgan fingerprint density at radius 1 is 1.14 bits per heavy atom. The molecule has 0 saturated carbocycles. The summed E-state index contributed by atoms with van der Waals surface area (Å²) in [5, 5.41) is 4.56. The zero-order chi connectivity index (χ0) is 15.3. The lowest BCUT2D eigenvalue weighted by Gasteiger charge is -2.01. The van der Waals surface area contributed by atoms with Crippen LogP contribution in [0.3, 0.4) is 0 Å². The van der Waals surface area contributed by atoms with Crippen LogP contribution in [0.5, 0.6) is 0 Å². The first kappa shape index (κ1) is 17.7. The van der Waals surface area contributed by atoms with E-state index in [1.807, 2.05) is 18.2 Å². The minimum absolute atomic E-state index is 0.0353. The lowest BCUT2D eigenvalue weighted by Crippen LogP contribution is -2.16. The summed E-state index contributed by atoms with van der Waals surface area (Å²) in [6, 6.07) is 7.39. The van der Waals surface area contributed by atoms with E-state index in [-0.39, 0.29) is 5.91 Å². The number of nitrogens with zero attached hydrogens (tertiary/aromatic N) is 1. The zero-order valence-corrected chi connectivity index (χ0v) is 13.5. The molecule has 0 aliphatic rings. The van der Waals surface area contributed by atoms with Crippen LogP contribution in [-0.4, -0.2) is 12.1 Å². The fraction of sp³-hybridized carbons (Fsp3) is 0.529. The van der Waals surface area contributed by atoms with E-state index in [2.05, 4.69) is 17.5 Å². The van der Waals surface area contributed by atoms with Gasteiger partial charge in [0.1, 0.15) is 0 Å². The molecule has 4 heteroatoms. The van der Waals surface area contributed by atoms with Gasteiger partial charge in [0.25, 0.3) is 0 Å². The highest BCUT2D eigenvalue weighted by molar-refractivity contribution is 6.33. The number of hydrogen-bond acceptors (Lipinski definition) is 2. The van der Waals surface area contributed by atoms with Crippen molar-refractivity contribution in [2.45, 2.75) is 58.3 Å². The Morgan fingerprint density at radius 3 is 2.52 bits per heavy atom. The molecule has 0 bridgehead atoms. The van der Waals surface area contributed by atoms with Gasteiger partial charge in [0.15, 0.2) is 0 Å². The number of rotatable bonds is 10. The first-order chi connectivity index (χ1) is 10.2. The SMILES string of the molecule is CCCCCCCCCC(=O)NN=Cc1ccccc1Cl. The van der Waals surface area contributed by atoms with Crippen molar-refractivity contribution in [3.05, 3.63) is 34.9 Å². The molecule has 0 radical (unpaired) electrons. The van der Waals surface area contributed by atoms with Gasteiger partial charge in [-0.05, 0) is 12.5 Å². The molecule has 0 aromatic heterocycles. The largest absolute Gasteiger partial charge is 0.273 e. The second-order valence-corrected chi connectivity index (χ2v) is 5.59. The fourth-order valence-corrected chi connectivity index (χ4v) is 2.24. The predicted octanol–water partition coefficient (Wildman–Crippen LogP) is 4.93. The van der Waals surface area contributed by atoms with Crippen molar-refractivity contribution in [1.82, 2.24) is 5.43 Å². The van der Waals surface area contributed by atoms with Crippen LogP contribution in [0.1, 0.15) is 63.9 Å². The summed E-state index contributed by atoms with van der Waals surface area (Å²) in [5.41, 5.74) is 3.34. The third-order valence-electron chi connectivity index (χ3n) is 3.31. The summed E-state index contributed by atoms with van der Waals surface area (Å²) in [5.74, 6) is -0.0353. The highest BCUT2D eigenvalue weighted by Crippen LogP contribution is 2.12. The molecule has 1 N–H and O–H groups in total. The van der Waals surface area contributed by atoms with Gasteiger partial charge < -0.3 is 0 Å². The van der Waals surface area contributed by atoms with E-state index in [1.54, 1.807) is 12.3 Å². The summed E-state index contributed by atoms with van der Waals surface area (Å²) < 4.78 is 0. The molecule has 0 saturated heterocycles. The quantitative estimate of drug-likeness (QED) is 0.371. The smallest absolute Gasteiger partial charge is 0.240 e.